The van der Waals surface area contributed by atoms with E-state index in [0.717, 1.165) is 0 Å². The Morgan fingerprint density at radius 2 is 0.403 bits per heavy atom. The van der Waals surface area contributed by atoms with E-state index in [0.29, 0.717) is 0 Å². The summed E-state index contributed by atoms with van der Waals surface area (Å²) in [5.41, 5.74) is 11.6. The Morgan fingerprint density at radius 1 is 0.274 bits per heavy atom. The fraction of sp³-hybridized carbons (Fsp3) is 0.500. The molecule has 0 N–H and O–H groups in total. The average molecular weight is 1130 g/mol. The molecule has 0 atom stereocenters. The smallest absolute Gasteiger partial charge is 0.391 e. The van der Waals surface area contributed by atoms with Crippen molar-refractivity contribution < 1.29 is 78.2 Å². The lowest BCUT2D eigenvalue weighted by atomic mass is 11.3. The van der Waals surface area contributed by atoms with E-state index in [2.05, 4.69) is 46.1 Å². The van der Waals surface area contributed by atoms with Gasteiger partial charge < -0.3 is 78.2 Å². The van der Waals surface area contributed by atoms with Gasteiger partial charge in [0.2, 0.25) is 58.2 Å². The van der Waals surface area contributed by atoms with Crippen molar-refractivity contribution in [2.45, 2.75) is 91.7 Å². The molecule has 0 aromatic rings. The molecule has 6 aliphatic rings. The zero-order chi connectivity index (χ0) is 47.0. The second kappa shape index (κ2) is 17.6. The van der Waals surface area contributed by atoms with Crippen LogP contribution in [0.2, 0.25) is 91.7 Å². The first kappa shape index (κ1) is 53.6. The summed E-state index contributed by atoms with van der Waals surface area (Å²) >= 11 is 0. The highest BCUT2D eigenvalue weighted by Crippen LogP contribution is 2.51. The van der Waals surface area contributed by atoms with Crippen molar-refractivity contribution in [3.63, 3.8) is 0 Å². The van der Waals surface area contributed by atoms with Gasteiger partial charge in [0, 0.05) is 0 Å². The highest BCUT2D eigenvalue weighted by molar-refractivity contribution is 7.04. The van der Waals surface area contributed by atoms with Crippen LogP contribution >= 0.6 is 0 Å². The number of rotatable bonds is 21. The highest BCUT2D eigenvalue weighted by Gasteiger charge is 2.90. The summed E-state index contributed by atoms with van der Waals surface area (Å²) in [4.78, 5) is 0. The monoisotopic (exact) mass is 1120 g/mol. The number of hydrogen-bond donors (Lipinski definition) is 0. The van der Waals surface area contributed by atoms with Crippen LogP contribution in [0.15, 0.2) is 85.9 Å². The molecule has 0 aromatic heterocycles. The third-order valence-corrected chi connectivity index (χ3v) is 60.6. The van der Waals surface area contributed by atoms with Crippen molar-refractivity contribution in [2.75, 3.05) is 0 Å². The van der Waals surface area contributed by atoms with Gasteiger partial charge in [-0.2, -0.15) is 0 Å². The second-order valence-corrected chi connectivity index (χ2v) is 66.7. The predicted molar refractivity (Wildman–Crippen MR) is 260 cm³/mol. The van der Waals surface area contributed by atoms with Crippen LogP contribution in [-0.4, -0.2) is 131 Å². The van der Waals surface area contributed by atoms with Gasteiger partial charge in [-0.1, -0.05) is 39.9 Å². The minimum absolute atomic E-state index is 1.65. The van der Waals surface area contributed by atoms with Gasteiger partial charge in [0.15, 0.2) is 0 Å². The molecule has 6 aliphatic heterocycles. The zero-order valence-corrected chi connectivity index (χ0v) is 53.2. The normalized spacial score (nSPS) is 35.8. The van der Waals surface area contributed by atoms with E-state index in [1.54, 1.807) is 39.9 Å². The van der Waals surface area contributed by atoms with Gasteiger partial charge in [-0.3, -0.25) is 0 Å². The van der Waals surface area contributed by atoms with E-state index < -0.39 is 131 Å². The van der Waals surface area contributed by atoms with Crippen molar-refractivity contribution in [1.29, 1.82) is 0 Å². The lowest BCUT2D eigenvalue weighted by Crippen LogP contribution is -2.91. The molecule has 34 heteroatoms. The van der Waals surface area contributed by atoms with Gasteiger partial charge in [-0.05, 0) is 91.7 Å². The Balaban J connectivity index is 2.06. The van der Waals surface area contributed by atoms with E-state index in [1.807, 2.05) is 91.7 Å². The first-order valence-corrected chi connectivity index (χ1v) is 53.2. The summed E-state index contributed by atoms with van der Waals surface area (Å²) in [6.07, 6.45) is 0. The van der Waals surface area contributed by atoms with Crippen LogP contribution in [0.3, 0.4) is 0 Å². The Morgan fingerprint density at radius 3 is 0.548 bits per heavy atom. The minimum atomic E-state index is -5.24. The quantitative estimate of drug-likeness (QED) is 0.124. The van der Waals surface area contributed by atoms with Crippen molar-refractivity contribution in [3.8, 4) is 0 Å². The summed E-state index contributed by atoms with van der Waals surface area (Å²) in [5.74, 6) is 0. The van der Waals surface area contributed by atoms with E-state index in [-0.39, 0.29) is 0 Å². The molecule has 1 radical (unpaired) electrons. The standard InChI is InChI=1S/C28H63O19Si15/c1-22-49(8,9)32-56-29-48-30-57(33-50(10,11)23-2)41-59(39-56,35-52(14,15)25-4)45-62(38-55(20,21)28-7)46-60(40-56,36-53(16,17)26-5)42-58(31-48,34-51(12,13)24-3)44-61(43-57,47-62)37-54(18,19)27-6/h22-28H,1-7H2,8-21H3. The lowest BCUT2D eigenvalue weighted by Gasteiger charge is -2.59. The first-order chi connectivity index (χ1) is 28.0. The van der Waals surface area contributed by atoms with Crippen molar-refractivity contribution >= 4 is 131 Å². The van der Waals surface area contributed by atoms with Gasteiger partial charge in [-0.25, -0.2) is 0 Å². The Bertz CT molecular complexity index is 1610. The summed E-state index contributed by atoms with van der Waals surface area (Å²) < 4.78 is 135. The SMILES string of the molecule is C=C[Si](C)(C)O[Si]12O[Si]3O[Si]4(O[Si](C)(C)C=C)O[Si](O[Si](C)(C)C=C)(O1)O[Si]1(O[Si](C)(C)C=C)O[Si](O[Si](C)(C)C=C)(O2)O[Si](O[Si](C)(C)C=C)(O3)O[Si](O[Si](C)(C)C=C)(O4)O1. The van der Waals surface area contributed by atoms with E-state index in [4.69, 9.17) is 78.2 Å². The lowest BCUT2D eigenvalue weighted by molar-refractivity contribution is -0.114. The number of hydrogen-bond acceptors (Lipinski definition) is 19. The maximum Gasteiger partial charge on any atom is 0.651 e. The van der Waals surface area contributed by atoms with E-state index in [9.17, 15) is 0 Å². The molecule has 19 nitrogen and oxygen atoms in total. The summed E-state index contributed by atoms with van der Waals surface area (Å²) in [5, 5.41) is 0. The average Bonchev–Trinajstić information content (AvgIpc) is 3.06. The largest absolute Gasteiger partial charge is 0.651 e. The van der Waals surface area contributed by atoms with E-state index >= 15 is 0 Å². The van der Waals surface area contributed by atoms with Crippen molar-refractivity contribution in [1.82, 2.24) is 0 Å². The molecule has 0 aromatic carbocycles. The molecule has 0 aliphatic carbocycles. The van der Waals surface area contributed by atoms with Gasteiger partial charge in [-0.15, -0.1) is 46.1 Å². The van der Waals surface area contributed by atoms with Crippen molar-refractivity contribution in [3.05, 3.63) is 85.9 Å². The third kappa shape index (κ3) is 12.3. The minimum Gasteiger partial charge on any atom is -0.391 e. The van der Waals surface area contributed by atoms with Gasteiger partial charge in [0.05, 0.1) is 0 Å². The summed E-state index contributed by atoms with van der Waals surface area (Å²) in [6.45, 7) is 54.4. The van der Waals surface area contributed by atoms with Crippen molar-refractivity contribution in [2.24, 2.45) is 0 Å². The molecule has 349 valence electrons. The molecular formula is C28H63O19Si15. The molecule has 0 spiro atoms. The first-order valence-electron chi connectivity index (χ1n) is 19.6. The zero-order valence-electron chi connectivity index (χ0n) is 38.2. The highest BCUT2D eigenvalue weighted by atomic mass is 28.7. The summed E-state index contributed by atoms with van der Waals surface area (Å²) in [6, 6.07) is 0. The third-order valence-electron chi connectivity index (χ3n) is 9.03. The fourth-order valence-electron chi connectivity index (χ4n) is 5.17. The van der Waals surface area contributed by atoms with Crippen LogP contribution in [0.5, 0.6) is 0 Å². The molecule has 6 fully saturated rings. The molecule has 6 saturated heterocycles. The fourth-order valence-corrected chi connectivity index (χ4v) is 63.4. The van der Waals surface area contributed by atoms with Crippen LogP contribution < -0.4 is 0 Å². The Hall–Kier alpha value is 0.673. The van der Waals surface area contributed by atoms with Gasteiger partial charge in [0.1, 0.15) is 0 Å². The molecule has 62 heavy (non-hydrogen) atoms. The molecule has 0 amide bonds. The molecule has 8 bridgehead atoms. The predicted octanol–water partition coefficient (Wildman–Crippen LogP) is 5.92. The topological polar surface area (TPSA) is 175 Å². The second-order valence-electron chi connectivity index (χ2n) is 18.3. The molecule has 6 heterocycles. The van der Waals surface area contributed by atoms with Gasteiger partial charge in [0.25, 0.3) is 0 Å². The van der Waals surface area contributed by atoms with Gasteiger partial charge >= 0.3 is 72.9 Å². The molecule has 0 saturated carbocycles. The summed E-state index contributed by atoms with van der Waals surface area (Å²) in [7, 11) is -61.2. The molecular weight excluding hydrogens is 1060 g/mol. The Kier molecular flexibility index (Phi) is 15.2. The maximum absolute atomic E-state index is 7.31. The molecule has 6 rings (SSSR count). The maximum atomic E-state index is 7.31. The van der Waals surface area contributed by atoms with Crippen LogP contribution in [-0.2, 0) is 78.2 Å². The molecule has 0 unspecified atom stereocenters. The van der Waals surface area contributed by atoms with Crippen LogP contribution in [0.4, 0.5) is 0 Å². The van der Waals surface area contributed by atoms with Crippen LogP contribution in [0, 0.1) is 0 Å². The van der Waals surface area contributed by atoms with Crippen LogP contribution in [0.1, 0.15) is 0 Å². The van der Waals surface area contributed by atoms with Crippen LogP contribution in [0.25, 0.3) is 0 Å². The van der Waals surface area contributed by atoms with E-state index in [1.165, 1.54) is 0 Å². The Labute approximate surface area is 384 Å².